The lowest BCUT2D eigenvalue weighted by atomic mass is 10.2. The van der Waals surface area contributed by atoms with Crippen molar-refractivity contribution in [3.63, 3.8) is 0 Å². The summed E-state index contributed by atoms with van der Waals surface area (Å²) in [5.74, 6) is 0. The molecule has 0 saturated heterocycles. The summed E-state index contributed by atoms with van der Waals surface area (Å²) in [7, 11) is 0. The van der Waals surface area contributed by atoms with Crippen molar-refractivity contribution >= 4 is 22.6 Å². The largest absolute Gasteiger partial charge is 0.398 e. The minimum atomic E-state index is 0.889. The number of nitrogens with two attached hydrogens (primary N) is 1. The molecule has 1 heterocycles. The fourth-order valence-corrected chi connectivity index (χ4v) is 1.63. The van der Waals surface area contributed by atoms with Crippen molar-refractivity contribution in [3.8, 4) is 0 Å². The van der Waals surface area contributed by atoms with E-state index in [-0.39, 0.29) is 0 Å². The molecular weight excluding hydrogens is 142 g/mol. The Morgan fingerprint density at radius 2 is 2.40 bits per heavy atom. The highest BCUT2D eigenvalue weighted by atomic mass is 32.1. The number of hydrogen-bond acceptors (Lipinski definition) is 2. The van der Waals surface area contributed by atoms with Gasteiger partial charge in [-0.2, -0.15) is 0 Å². The van der Waals surface area contributed by atoms with Gasteiger partial charge in [0.1, 0.15) is 0 Å². The standard InChI is InChI=1S/C8H11NS/c1-3-6(2)8-7(9)4-5-10-8/h3-5H,9H2,1-2H3/b6-3+. The average molecular weight is 153 g/mol. The van der Waals surface area contributed by atoms with Crippen molar-refractivity contribution in [2.45, 2.75) is 13.8 Å². The number of nitrogen functional groups attached to an aromatic ring is 1. The topological polar surface area (TPSA) is 26.0 Å². The third-order valence-corrected chi connectivity index (χ3v) is 2.55. The van der Waals surface area contributed by atoms with Gasteiger partial charge in [-0.15, -0.1) is 11.3 Å². The molecule has 0 fully saturated rings. The van der Waals surface area contributed by atoms with Crippen molar-refractivity contribution in [3.05, 3.63) is 22.4 Å². The molecule has 1 rings (SSSR count). The van der Waals surface area contributed by atoms with Crippen LogP contribution >= 0.6 is 11.3 Å². The van der Waals surface area contributed by atoms with Crippen LogP contribution in [0, 0.1) is 0 Å². The van der Waals surface area contributed by atoms with Gasteiger partial charge in [0.2, 0.25) is 0 Å². The summed E-state index contributed by atoms with van der Waals surface area (Å²) in [5, 5.41) is 2.01. The van der Waals surface area contributed by atoms with Crippen molar-refractivity contribution in [2.75, 3.05) is 5.73 Å². The van der Waals surface area contributed by atoms with Crippen LogP contribution in [-0.4, -0.2) is 0 Å². The monoisotopic (exact) mass is 153 g/mol. The summed E-state index contributed by atoms with van der Waals surface area (Å²) < 4.78 is 0. The zero-order valence-corrected chi connectivity index (χ0v) is 7.03. The first-order valence-corrected chi connectivity index (χ1v) is 4.10. The van der Waals surface area contributed by atoms with E-state index in [0.717, 1.165) is 5.69 Å². The molecule has 0 spiro atoms. The SMILES string of the molecule is C/C=C(\C)c1sccc1N. The second-order valence-corrected chi connectivity index (χ2v) is 3.09. The lowest BCUT2D eigenvalue weighted by Gasteiger charge is -1.95. The van der Waals surface area contributed by atoms with Crippen molar-refractivity contribution in [2.24, 2.45) is 0 Å². The van der Waals surface area contributed by atoms with Gasteiger partial charge >= 0.3 is 0 Å². The van der Waals surface area contributed by atoms with Crippen LogP contribution < -0.4 is 5.73 Å². The first-order chi connectivity index (χ1) is 4.75. The molecule has 2 N–H and O–H groups in total. The van der Waals surface area contributed by atoms with Crippen LogP contribution in [0.5, 0.6) is 0 Å². The molecule has 0 atom stereocenters. The highest BCUT2D eigenvalue weighted by molar-refractivity contribution is 7.11. The van der Waals surface area contributed by atoms with E-state index >= 15 is 0 Å². The molecule has 10 heavy (non-hydrogen) atoms. The maximum Gasteiger partial charge on any atom is 0.0525 e. The van der Waals surface area contributed by atoms with Gasteiger partial charge in [-0.1, -0.05) is 6.08 Å². The predicted molar refractivity (Wildman–Crippen MR) is 48.1 cm³/mol. The second-order valence-electron chi connectivity index (χ2n) is 2.18. The molecule has 0 aliphatic rings. The smallest absolute Gasteiger partial charge is 0.0525 e. The second kappa shape index (κ2) is 2.88. The van der Waals surface area contributed by atoms with Crippen LogP contribution in [-0.2, 0) is 0 Å². The van der Waals surface area contributed by atoms with Gasteiger partial charge in [-0.05, 0) is 30.9 Å². The van der Waals surface area contributed by atoms with Gasteiger partial charge in [0.15, 0.2) is 0 Å². The van der Waals surface area contributed by atoms with E-state index in [1.54, 1.807) is 11.3 Å². The van der Waals surface area contributed by atoms with Crippen LogP contribution in [0.15, 0.2) is 17.5 Å². The molecule has 0 aliphatic carbocycles. The van der Waals surface area contributed by atoms with Gasteiger partial charge in [0.25, 0.3) is 0 Å². The van der Waals surface area contributed by atoms with Gasteiger partial charge in [0, 0.05) is 5.69 Å². The average Bonchev–Trinajstić information content (AvgIpc) is 2.34. The van der Waals surface area contributed by atoms with E-state index in [0.29, 0.717) is 0 Å². The Labute approximate surface area is 65.2 Å². The summed E-state index contributed by atoms with van der Waals surface area (Å²) in [4.78, 5) is 1.20. The van der Waals surface area contributed by atoms with E-state index in [2.05, 4.69) is 13.0 Å². The van der Waals surface area contributed by atoms with Crippen LogP contribution in [0.25, 0.3) is 5.57 Å². The zero-order valence-electron chi connectivity index (χ0n) is 6.22. The van der Waals surface area contributed by atoms with E-state index in [1.807, 2.05) is 18.4 Å². The molecule has 0 aliphatic heterocycles. The normalized spacial score (nSPS) is 12.0. The van der Waals surface area contributed by atoms with Crippen LogP contribution in [0.4, 0.5) is 5.69 Å². The fraction of sp³-hybridized carbons (Fsp3) is 0.250. The molecule has 1 aromatic rings. The summed E-state index contributed by atoms with van der Waals surface area (Å²) in [5.41, 5.74) is 7.83. The maximum atomic E-state index is 5.69. The van der Waals surface area contributed by atoms with Crippen molar-refractivity contribution < 1.29 is 0 Å². The molecule has 1 aromatic heterocycles. The Kier molecular flexibility index (Phi) is 2.12. The quantitative estimate of drug-likeness (QED) is 0.659. The summed E-state index contributed by atoms with van der Waals surface area (Å²) in [6.07, 6.45) is 2.07. The molecule has 54 valence electrons. The van der Waals surface area contributed by atoms with E-state index in [9.17, 15) is 0 Å². The van der Waals surface area contributed by atoms with E-state index in [1.165, 1.54) is 10.5 Å². The predicted octanol–water partition coefficient (Wildman–Crippen LogP) is 2.75. The molecule has 1 nitrogen and oxygen atoms in total. The highest BCUT2D eigenvalue weighted by Crippen LogP contribution is 2.26. The molecule has 0 unspecified atom stereocenters. The minimum absolute atomic E-state index is 0.889. The Hall–Kier alpha value is -0.760. The summed E-state index contributed by atoms with van der Waals surface area (Å²) >= 11 is 1.69. The van der Waals surface area contributed by atoms with Gasteiger partial charge in [-0.3, -0.25) is 0 Å². The Bertz CT molecular complexity index is 248. The fourth-order valence-electron chi connectivity index (χ4n) is 0.771. The number of allylic oxidation sites excluding steroid dienone is 2. The van der Waals surface area contributed by atoms with Crippen molar-refractivity contribution in [1.29, 1.82) is 0 Å². The van der Waals surface area contributed by atoms with Gasteiger partial charge in [-0.25, -0.2) is 0 Å². The van der Waals surface area contributed by atoms with Crippen LogP contribution in [0.2, 0.25) is 0 Å². The molecular formula is C8H11NS. The zero-order chi connectivity index (χ0) is 7.56. The minimum Gasteiger partial charge on any atom is -0.398 e. The summed E-state index contributed by atoms with van der Waals surface area (Å²) in [6.45, 7) is 4.09. The van der Waals surface area contributed by atoms with Crippen LogP contribution in [0.1, 0.15) is 18.7 Å². The molecule has 2 heteroatoms. The van der Waals surface area contributed by atoms with Gasteiger partial charge in [0.05, 0.1) is 4.88 Å². The third-order valence-electron chi connectivity index (χ3n) is 1.49. The first kappa shape index (κ1) is 7.35. The number of anilines is 1. The highest BCUT2D eigenvalue weighted by Gasteiger charge is 1.99. The Morgan fingerprint density at radius 1 is 1.70 bits per heavy atom. The Morgan fingerprint density at radius 3 is 2.80 bits per heavy atom. The molecule has 0 bridgehead atoms. The molecule has 0 aromatic carbocycles. The van der Waals surface area contributed by atoms with Gasteiger partial charge < -0.3 is 5.73 Å². The molecule has 0 saturated carbocycles. The van der Waals surface area contributed by atoms with Crippen molar-refractivity contribution in [1.82, 2.24) is 0 Å². The summed E-state index contributed by atoms with van der Waals surface area (Å²) in [6, 6.07) is 1.94. The number of hydrogen-bond donors (Lipinski definition) is 1. The first-order valence-electron chi connectivity index (χ1n) is 3.22. The lowest BCUT2D eigenvalue weighted by Crippen LogP contribution is -1.84. The molecule has 0 amide bonds. The van der Waals surface area contributed by atoms with E-state index < -0.39 is 0 Å². The molecule has 0 radical (unpaired) electrons. The van der Waals surface area contributed by atoms with E-state index in [4.69, 9.17) is 5.73 Å². The third kappa shape index (κ3) is 1.21. The number of rotatable bonds is 1. The lowest BCUT2D eigenvalue weighted by molar-refractivity contribution is 1.63. The Balaban J connectivity index is 3.05. The maximum absolute atomic E-state index is 5.69. The van der Waals surface area contributed by atoms with Crippen LogP contribution in [0.3, 0.4) is 0 Å². The number of thiophene rings is 1.